The molecule has 0 aliphatic heterocycles. The monoisotopic (exact) mass is 511 g/mol. The van der Waals surface area contributed by atoms with Gasteiger partial charge in [-0.3, -0.25) is 9.59 Å². The summed E-state index contributed by atoms with van der Waals surface area (Å²) in [4.78, 5) is 41.1. The Labute approximate surface area is 220 Å². The van der Waals surface area contributed by atoms with Gasteiger partial charge in [0.25, 0.3) is 5.91 Å². The molecule has 0 fully saturated rings. The van der Waals surface area contributed by atoms with E-state index in [1.807, 2.05) is 32.0 Å². The predicted octanol–water partition coefficient (Wildman–Crippen LogP) is 5.54. The minimum absolute atomic E-state index is 0.280. The van der Waals surface area contributed by atoms with Crippen molar-refractivity contribution in [3.8, 4) is 5.75 Å². The van der Waals surface area contributed by atoms with Crippen LogP contribution in [0.1, 0.15) is 69.7 Å². The van der Waals surface area contributed by atoms with Crippen molar-refractivity contribution in [1.29, 1.82) is 0 Å². The maximum Gasteiger partial charge on any atom is 0.408 e. The molecule has 0 saturated carbocycles. The molecule has 0 aliphatic carbocycles. The van der Waals surface area contributed by atoms with E-state index < -0.39 is 17.7 Å². The van der Waals surface area contributed by atoms with Crippen LogP contribution in [0.2, 0.25) is 0 Å². The van der Waals surface area contributed by atoms with E-state index >= 15 is 0 Å². The van der Waals surface area contributed by atoms with Crippen molar-refractivity contribution in [2.45, 2.75) is 72.4 Å². The fraction of sp³-hybridized carbons (Fsp3) is 0.483. The first-order valence-corrected chi connectivity index (χ1v) is 12.7. The molecule has 0 spiro atoms. The molecule has 1 atom stereocenters. The van der Waals surface area contributed by atoms with Gasteiger partial charge < -0.3 is 25.0 Å². The maximum atomic E-state index is 13.8. The van der Waals surface area contributed by atoms with Gasteiger partial charge in [-0.2, -0.15) is 0 Å². The molecule has 8 nitrogen and oxygen atoms in total. The number of benzene rings is 2. The first-order valence-electron chi connectivity index (χ1n) is 12.7. The molecule has 0 bridgehead atoms. The van der Waals surface area contributed by atoms with Crippen LogP contribution in [0.25, 0.3) is 0 Å². The van der Waals surface area contributed by atoms with Crippen molar-refractivity contribution in [3.05, 3.63) is 59.2 Å². The third-order valence-electron chi connectivity index (χ3n) is 5.75. The van der Waals surface area contributed by atoms with Crippen LogP contribution in [0.15, 0.2) is 42.5 Å². The summed E-state index contributed by atoms with van der Waals surface area (Å²) < 4.78 is 10.5. The van der Waals surface area contributed by atoms with E-state index in [1.54, 1.807) is 57.0 Å². The van der Waals surface area contributed by atoms with E-state index in [-0.39, 0.29) is 18.4 Å². The summed E-state index contributed by atoms with van der Waals surface area (Å²) in [5.74, 6) is -0.0209. The summed E-state index contributed by atoms with van der Waals surface area (Å²) in [7, 11) is 1.58. The van der Waals surface area contributed by atoms with Crippen LogP contribution < -0.4 is 15.4 Å². The number of methoxy groups -OCH3 is 1. The molecule has 8 heteroatoms. The standard InChI is InChI=1S/C29H41N3O5/c1-8-9-10-17-32(25(33)19-30-28(35)37-29(4,5)6)26(24-18-20(2)11-12-21(24)3)27(34)31-22-13-15-23(36-7)16-14-22/h11-16,18,26H,8-10,17,19H2,1-7H3,(H,30,35)(H,31,34). The number of rotatable bonds is 11. The number of hydrogen-bond donors (Lipinski definition) is 2. The Balaban J connectivity index is 2.41. The second kappa shape index (κ2) is 13.7. The highest BCUT2D eigenvalue weighted by Crippen LogP contribution is 2.28. The summed E-state index contributed by atoms with van der Waals surface area (Å²) in [5, 5.41) is 5.51. The molecule has 0 heterocycles. The van der Waals surface area contributed by atoms with Crippen molar-refractivity contribution < 1.29 is 23.9 Å². The van der Waals surface area contributed by atoms with Gasteiger partial charge in [0.15, 0.2) is 0 Å². The van der Waals surface area contributed by atoms with Crippen LogP contribution in [0.5, 0.6) is 5.75 Å². The Hall–Kier alpha value is -3.55. The molecule has 37 heavy (non-hydrogen) atoms. The molecular formula is C29H41N3O5. The minimum atomic E-state index is -0.883. The lowest BCUT2D eigenvalue weighted by molar-refractivity contribution is -0.138. The number of carbonyl (C=O) groups excluding carboxylic acids is 3. The molecule has 0 radical (unpaired) electrons. The van der Waals surface area contributed by atoms with Crippen LogP contribution >= 0.6 is 0 Å². The van der Waals surface area contributed by atoms with Crippen molar-refractivity contribution in [1.82, 2.24) is 10.2 Å². The van der Waals surface area contributed by atoms with E-state index in [2.05, 4.69) is 17.6 Å². The molecule has 202 valence electrons. The maximum absolute atomic E-state index is 13.8. The van der Waals surface area contributed by atoms with Crippen molar-refractivity contribution in [3.63, 3.8) is 0 Å². The Morgan fingerprint density at radius 1 is 1.00 bits per heavy atom. The largest absolute Gasteiger partial charge is 0.497 e. The first kappa shape index (κ1) is 29.7. The number of anilines is 1. The number of amides is 3. The van der Waals surface area contributed by atoms with Gasteiger partial charge in [-0.05, 0) is 76.4 Å². The van der Waals surface area contributed by atoms with E-state index in [4.69, 9.17) is 9.47 Å². The second-order valence-electron chi connectivity index (χ2n) is 10.1. The normalized spacial score (nSPS) is 11.9. The number of hydrogen-bond acceptors (Lipinski definition) is 5. The molecule has 2 N–H and O–H groups in total. The topological polar surface area (TPSA) is 97.0 Å². The zero-order chi connectivity index (χ0) is 27.6. The zero-order valence-corrected chi connectivity index (χ0v) is 23.1. The highest BCUT2D eigenvalue weighted by molar-refractivity contribution is 5.98. The number of nitrogens with one attached hydrogen (secondary N) is 2. The van der Waals surface area contributed by atoms with Gasteiger partial charge in [0.05, 0.1) is 7.11 Å². The third-order valence-corrected chi connectivity index (χ3v) is 5.75. The second-order valence-corrected chi connectivity index (χ2v) is 10.1. The Bertz CT molecular complexity index is 1060. The number of carbonyl (C=O) groups is 3. The van der Waals surface area contributed by atoms with Crippen LogP contribution in [0.3, 0.4) is 0 Å². The molecule has 2 rings (SSSR count). The predicted molar refractivity (Wildman–Crippen MR) is 146 cm³/mol. The lowest BCUT2D eigenvalue weighted by Crippen LogP contribution is -2.47. The third kappa shape index (κ3) is 9.44. The Morgan fingerprint density at radius 2 is 1.68 bits per heavy atom. The Morgan fingerprint density at radius 3 is 2.27 bits per heavy atom. The van der Waals surface area contributed by atoms with Gasteiger partial charge in [-0.25, -0.2) is 4.79 Å². The summed E-state index contributed by atoms with van der Waals surface area (Å²) in [6.07, 6.45) is 1.92. The van der Waals surface area contributed by atoms with Crippen LogP contribution in [0, 0.1) is 13.8 Å². The summed E-state index contributed by atoms with van der Waals surface area (Å²) in [6, 6.07) is 12.0. The Kier molecular flexibility index (Phi) is 11.0. The zero-order valence-electron chi connectivity index (χ0n) is 23.1. The molecule has 2 aromatic rings. The van der Waals surface area contributed by atoms with E-state index in [1.165, 1.54) is 0 Å². The summed E-state index contributed by atoms with van der Waals surface area (Å²) in [6.45, 7) is 11.3. The number of ether oxygens (including phenoxy) is 2. The van der Waals surface area contributed by atoms with Crippen LogP contribution in [0.4, 0.5) is 10.5 Å². The molecule has 0 saturated heterocycles. The highest BCUT2D eigenvalue weighted by atomic mass is 16.6. The van der Waals surface area contributed by atoms with E-state index in [0.717, 1.165) is 36.0 Å². The van der Waals surface area contributed by atoms with Crippen LogP contribution in [-0.2, 0) is 14.3 Å². The van der Waals surface area contributed by atoms with Crippen molar-refractivity contribution >= 4 is 23.6 Å². The molecule has 2 aromatic carbocycles. The fourth-order valence-electron chi connectivity index (χ4n) is 3.88. The van der Waals surface area contributed by atoms with Gasteiger partial charge >= 0.3 is 6.09 Å². The van der Waals surface area contributed by atoms with Crippen molar-refractivity contribution in [2.75, 3.05) is 25.5 Å². The SMILES string of the molecule is CCCCCN(C(=O)CNC(=O)OC(C)(C)C)C(C(=O)Nc1ccc(OC)cc1)c1cc(C)ccc1C. The van der Waals surface area contributed by atoms with Gasteiger partial charge in [0.2, 0.25) is 5.91 Å². The summed E-state index contributed by atoms with van der Waals surface area (Å²) >= 11 is 0. The van der Waals surface area contributed by atoms with E-state index in [9.17, 15) is 14.4 Å². The van der Waals surface area contributed by atoms with Gasteiger partial charge in [-0.15, -0.1) is 0 Å². The molecule has 0 aliphatic rings. The van der Waals surface area contributed by atoms with Gasteiger partial charge in [-0.1, -0.05) is 43.5 Å². The average Bonchev–Trinajstić information content (AvgIpc) is 2.83. The van der Waals surface area contributed by atoms with Crippen LogP contribution in [-0.4, -0.2) is 48.6 Å². The smallest absolute Gasteiger partial charge is 0.408 e. The lowest BCUT2D eigenvalue weighted by Gasteiger charge is -2.33. The number of aryl methyl sites for hydroxylation is 2. The minimum Gasteiger partial charge on any atom is -0.497 e. The molecule has 3 amide bonds. The first-order chi connectivity index (χ1) is 17.4. The lowest BCUT2D eigenvalue weighted by atomic mass is 9.96. The molecule has 0 aromatic heterocycles. The number of alkyl carbamates (subject to hydrolysis) is 1. The quantitative estimate of drug-likeness (QED) is 0.386. The van der Waals surface area contributed by atoms with E-state index in [0.29, 0.717) is 18.0 Å². The molecular weight excluding hydrogens is 470 g/mol. The van der Waals surface area contributed by atoms with Crippen molar-refractivity contribution in [2.24, 2.45) is 0 Å². The fourth-order valence-corrected chi connectivity index (χ4v) is 3.88. The highest BCUT2D eigenvalue weighted by Gasteiger charge is 2.33. The number of unbranched alkanes of at least 4 members (excludes halogenated alkanes) is 2. The number of nitrogens with zero attached hydrogens (tertiary/aromatic N) is 1. The van der Waals surface area contributed by atoms with Gasteiger partial charge in [0.1, 0.15) is 23.9 Å². The average molecular weight is 512 g/mol. The van der Waals surface area contributed by atoms with Gasteiger partial charge in [0, 0.05) is 12.2 Å². The molecule has 1 unspecified atom stereocenters. The summed E-state index contributed by atoms with van der Waals surface area (Å²) in [5.41, 5.74) is 2.53.